The van der Waals surface area contributed by atoms with Crippen molar-refractivity contribution in [2.45, 2.75) is 26.3 Å². The van der Waals surface area contributed by atoms with E-state index in [0.29, 0.717) is 12.5 Å². The van der Waals surface area contributed by atoms with Crippen molar-refractivity contribution in [3.8, 4) is 11.3 Å². The number of aromatic nitrogens is 3. The van der Waals surface area contributed by atoms with Crippen LogP contribution in [0.1, 0.15) is 25.5 Å². The van der Waals surface area contributed by atoms with Gasteiger partial charge < -0.3 is 4.79 Å². The Morgan fingerprint density at radius 2 is 2.06 bits per heavy atom. The second-order valence-electron chi connectivity index (χ2n) is 4.19. The van der Waals surface area contributed by atoms with Crippen LogP contribution >= 0.6 is 0 Å². The van der Waals surface area contributed by atoms with Crippen LogP contribution in [0.25, 0.3) is 11.3 Å². The molecule has 0 spiro atoms. The molecule has 2 rings (SSSR count). The van der Waals surface area contributed by atoms with Crippen LogP contribution in [0.4, 0.5) is 0 Å². The Morgan fingerprint density at radius 3 is 2.65 bits per heavy atom. The van der Waals surface area contributed by atoms with E-state index in [0.717, 1.165) is 23.2 Å². The molecule has 0 fully saturated rings. The minimum atomic E-state index is 0.304. The SMILES string of the molecule is CC(C)c1cc(-c2ccncc2)nn1CC=O. The Morgan fingerprint density at radius 1 is 1.35 bits per heavy atom. The largest absolute Gasteiger partial charge is 0.301 e. The molecule has 0 aliphatic carbocycles. The lowest BCUT2D eigenvalue weighted by molar-refractivity contribution is -0.108. The van der Waals surface area contributed by atoms with Gasteiger partial charge >= 0.3 is 0 Å². The fraction of sp³-hybridized carbons (Fsp3) is 0.308. The van der Waals surface area contributed by atoms with Crippen LogP contribution in [0.15, 0.2) is 30.6 Å². The van der Waals surface area contributed by atoms with Gasteiger partial charge in [-0.25, -0.2) is 0 Å². The minimum Gasteiger partial charge on any atom is -0.301 e. The highest BCUT2D eigenvalue weighted by Crippen LogP contribution is 2.22. The van der Waals surface area contributed by atoms with Crippen LogP contribution in [-0.4, -0.2) is 21.1 Å². The van der Waals surface area contributed by atoms with E-state index >= 15 is 0 Å². The molecule has 0 unspecified atom stereocenters. The second kappa shape index (κ2) is 4.91. The number of hydrogen-bond acceptors (Lipinski definition) is 3. The summed E-state index contributed by atoms with van der Waals surface area (Å²) < 4.78 is 1.76. The molecule has 0 radical (unpaired) electrons. The quantitative estimate of drug-likeness (QED) is 0.755. The third-order valence-corrected chi connectivity index (χ3v) is 2.63. The van der Waals surface area contributed by atoms with Crippen LogP contribution in [0.2, 0.25) is 0 Å². The van der Waals surface area contributed by atoms with E-state index in [2.05, 4.69) is 23.9 Å². The monoisotopic (exact) mass is 229 g/mol. The summed E-state index contributed by atoms with van der Waals surface area (Å²) in [4.78, 5) is 14.6. The molecule has 0 aliphatic heterocycles. The maximum absolute atomic E-state index is 10.6. The minimum absolute atomic E-state index is 0.304. The summed E-state index contributed by atoms with van der Waals surface area (Å²) in [6.45, 7) is 4.49. The molecule has 0 saturated heterocycles. The normalized spacial score (nSPS) is 10.8. The van der Waals surface area contributed by atoms with E-state index in [1.54, 1.807) is 17.1 Å². The Hall–Kier alpha value is -1.97. The number of rotatable bonds is 4. The van der Waals surface area contributed by atoms with Gasteiger partial charge in [-0.05, 0) is 24.1 Å². The molecule has 0 amide bonds. The Kier molecular flexibility index (Phi) is 3.32. The van der Waals surface area contributed by atoms with Crippen molar-refractivity contribution < 1.29 is 4.79 Å². The smallest absolute Gasteiger partial charge is 0.141 e. The molecular formula is C13H15N3O. The van der Waals surface area contributed by atoms with Gasteiger partial charge in [0.25, 0.3) is 0 Å². The van der Waals surface area contributed by atoms with E-state index < -0.39 is 0 Å². The fourth-order valence-electron chi connectivity index (χ4n) is 1.78. The van der Waals surface area contributed by atoms with Crippen molar-refractivity contribution in [3.05, 3.63) is 36.3 Å². The maximum Gasteiger partial charge on any atom is 0.141 e. The fourth-order valence-corrected chi connectivity index (χ4v) is 1.78. The number of carbonyl (C=O) groups is 1. The summed E-state index contributed by atoms with van der Waals surface area (Å²) in [5, 5.41) is 4.45. The average Bonchev–Trinajstić information content (AvgIpc) is 2.75. The van der Waals surface area contributed by atoms with Crippen LogP contribution in [0.3, 0.4) is 0 Å². The molecular weight excluding hydrogens is 214 g/mol. The van der Waals surface area contributed by atoms with E-state index in [9.17, 15) is 4.79 Å². The van der Waals surface area contributed by atoms with Gasteiger partial charge in [0.05, 0.1) is 12.2 Å². The first-order valence-corrected chi connectivity index (χ1v) is 5.64. The Bertz CT molecular complexity index is 503. The number of pyridine rings is 1. The van der Waals surface area contributed by atoms with Crippen LogP contribution in [-0.2, 0) is 11.3 Å². The predicted molar refractivity (Wildman–Crippen MR) is 65.6 cm³/mol. The van der Waals surface area contributed by atoms with Crippen molar-refractivity contribution >= 4 is 6.29 Å². The van der Waals surface area contributed by atoms with Crippen LogP contribution in [0.5, 0.6) is 0 Å². The molecule has 0 aromatic carbocycles. The number of aldehydes is 1. The molecule has 2 aromatic rings. The zero-order chi connectivity index (χ0) is 12.3. The highest BCUT2D eigenvalue weighted by molar-refractivity contribution is 5.59. The summed E-state index contributed by atoms with van der Waals surface area (Å²) >= 11 is 0. The van der Waals surface area contributed by atoms with Gasteiger partial charge in [-0.15, -0.1) is 0 Å². The third kappa shape index (κ3) is 2.41. The Balaban J connectivity index is 2.43. The second-order valence-corrected chi connectivity index (χ2v) is 4.19. The van der Waals surface area contributed by atoms with Gasteiger partial charge in [0.1, 0.15) is 6.29 Å². The average molecular weight is 229 g/mol. The number of hydrogen-bond donors (Lipinski definition) is 0. The van der Waals surface area contributed by atoms with Gasteiger partial charge in [0, 0.05) is 23.7 Å². The van der Waals surface area contributed by atoms with Crippen LogP contribution in [0, 0.1) is 0 Å². The molecule has 17 heavy (non-hydrogen) atoms. The topological polar surface area (TPSA) is 47.8 Å². The van der Waals surface area contributed by atoms with E-state index in [1.165, 1.54) is 0 Å². The third-order valence-electron chi connectivity index (χ3n) is 2.63. The molecule has 4 nitrogen and oxygen atoms in total. The first-order valence-electron chi connectivity index (χ1n) is 5.64. The molecule has 4 heteroatoms. The van der Waals surface area contributed by atoms with E-state index in [-0.39, 0.29) is 0 Å². The molecule has 2 heterocycles. The molecule has 0 bridgehead atoms. The lowest BCUT2D eigenvalue weighted by atomic mass is 10.1. The van der Waals surface area contributed by atoms with Gasteiger partial charge in [0.2, 0.25) is 0 Å². The molecule has 0 saturated carbocycles. The van der Waals surface area contributed by atoms with Crippen LogP contribution < -0.4 is 0 Å². The lowest BCUT2D eigenvalue weighted by Gasteiger charge is -2.05. The van der Waals surface area contributed by atoms with Crippen molar-refractivity contribution in [1.29, 1.82) is 0 Å². The first-order chi connectivity index (χ1) is 8.22. The summed E-state index contributed by atoms with van der Waals surface area (Å²) in [6, 6.07) is 5.86. The molecule has 2 aromatic heterocycles. The highest BCUT2D eigenvalue weighted by Gasteiger charge is 2.11. The lowest BCUT2D eigenvalue weighted by Crippen LogP contribution is -2.06. The number of carbonyl (C=O) groups excluding carboxylic acids is 1. The van der Waals surface area contributed by atoms with E-state index in [1.807, 2.05) is 18.2 Å². The predicted octanol–water partition coefficient (Wildman–Crippen LogP) is 2.27. The summed E-state index contributed by atoms with van der Waals surface area (Å²) in [5.41, 5.74) is 2.98. The van der Waals surface area contributed by atoms with Gasteiger partial charge in [-0.3, -0.25) is 9.67 Å². The van der Waals surface area contributed by atoms with Gasteiger partial charge in [-0.2, -0.15) is 5.10 Å². The molecule has 0 aliphatic rings. The zero-order valence-corrected chi connectivity index (χ0v) is 10.00. The highest BCUT2D eigenvalue weighted by atomic mass is 16.1. The summed E-state index contributed by atoms with van der Waals surface area (Å²) in [6.07, 6.45) is 4.35. The maximum atomic E-state index is 10.6. The van der Waals surface area contributed by atoms with Crippen molar-refractivity contribution in [1.82, 2.24) is 14.8 Å². The van der Waals surface area contributed by atoms with Crippen molar-refractivity contribution in [2.24, 2.45) is 0 Å². The van der Waals surface area contributed by atoms with Gasteiger partial charge in [0.15, 0.2) is 0 Å². The van der Waals surface area contributed by atoms with Crippen molar-refractivity contribution in [2.75, 3.05) is 0 Å². The van der Waals surface area contributed by atoms with E-state index in [4.69, 9.17) is 0 Å². The molecule has 0 atom stereocenters. The van der Waals surface area contributed by atoms with Crippen molar-refractivity contribution in [3.63, 3.8) is 0 Å². The van der Waals surface area contributed by atoms with Gasteiger partial charge in [-0.1, -0.05) is 13.8 Å². The summed E-state index contributed by atoms with van der Waals surface area (Å²) in [7, 11) is 0. The summed E-state index contributed by atoms with van der Waals surface area (Å²) in [5.74, 6) is 0.345. The first kappa shape index (κ1) is 11.5. The molecule has 0 N–H and O–H groups in total. The Labute approximate surface area is 100 Å². The zero-order valence-electron chi connectivity index (χ0n) is 10.00. The number of nitrogens with zero attached hydrogens (tertiary/aromatic N) is 3. The molecule has 88 valence electrons. The standard InChI is InChI=1S/C13H15N3O/c1-10(2)13-9-12(15-16(13)7-8-17)11-3-5-14-6-4-11/h3-6,8-10H,7H2,1-2H3.